The van der Waals surface area contributed by atoms with Gasteiger partial charge in [-0.25, -0.2) is 4.99 Å². The highest BCUT2D eigenvalue weighted by Gasteiger charge is 2.22. The van der Waals surface area contributed by atoms with Crippen LogP contribution in [0.3, 0.4) is 0 Å². The van der Waals surface area contributed by atoms with Crippen molar-refractivity contribution in [3.05, 3.63) is 53.1 Å². The maximum Gasteiger partial charge on any atom is 0.246 e. The first kappa shape index (κ1) is 25.3. The molecule has 2 aromatic rings. The van der Waals surface area contributed by atoms with Crippen molar-refractivity contribution in [1.29, 1.82) is 0 Å². The van der Waals surface area contributed by atoms with Gasteiger partial charge < -0.3 is 25.0 Å². The molecule has 0 aliphatic carbocycles. The van der Waals surface area contributed by atoms with Crippen molar-refractivity contribution in [3.8, 4) is 23.8 Å². The average Bonchev–Trinajstić information content (AvgIpc) is 2.80. The third-order valence-corrected chi connectivity index (χ3v) is 5.04. The largest absolute Gasteiger partial charge is 0.493 e. The Bertz CT molecular complexity index is 1020. The van der Waals surface area contributed by atoms with Crippen molar-refractivity contribution in [1.82, 2.24) is 10.2 Å². The summed E-state index contributed by atoms with van der Waals surface area (Å²) >= 11 is 0. The molecule has 0 saturated heterocycles. The molecule has 1 aliphatic rings. The van der Waals surface area contributed by atoms with Crippen molar-refractivity contribution < 1.29 is 14.3 Å². The molecule has 2 N–H and O–H groups in total. The van der Waals surface area contributed by atoms with Crippen LogP contribution < -0.4 is 20.1 Å². The van der Waals surface area contributed by atoms with Gasteiger partial charge in [-0.05, 0) is 54.8 Å². The standard InChI is InChI=1S/C24H28N4O3.HI/c1-5-17-8-7-9-20(12-17)27-23(29)15-26-24(25-6-2)28-11-10-18-13-21(30-3)22(31-4)14-19(18)16-28;/h1,7-9,12-14H,6,10-11,15-16H2,2-4H3,(H,25,26)(H,27,29);1H. The summed E-state index contributed by atoms with van der Waals surface area (Å²) in [5.41, 5.74) is 3.77. The van der Waals surface area contributed by atoms with E-state index >= 15 is 0 Å². The van der Waals surface area contributed by atoms with Gasteiger partial charge in [0.05, 0.1) is 14.2 Å². The predicted molar refractivity (Wildman–Crippen MR) is 138 cm³/mol. The second kappa shape index (κ2) is 12.2. The normalized spacial score (nSPS) is 12.7. The van der Waals surface area contributed by atoms with E-state index < -0.39 is 0 Å². The highest BCUT2D eigenvalue weighted by Crippen LogP contribution is 2.33. The van der Waals surface area contributed by atoms with Crippen molar-refractivity contribution in [2.75, 3.05) is 39.2 Å². The van der Waals surface area contributed by atoms with E-state index in [9.17, 15) is 4.79 Å². The van der Waals surface area contributed by atoms with Crippen LogP contribution in [-0.2, 0) is 17.8 Å². The molecule has 8 heteroatoms. The van der Waals surface area contributed by atoms with Gasteiger partial charge in [0.25, 0.3) is 0 Å². The molecular formula is C24H29IN4O3. The number of benzene rings is 2. The molecule has 0 aromatic heterocycles. The van der Waals surface area contributed by atoms with Gasteiger partial charge in [0, 0.05) is 30.9 Å². The number of guanidine groups is 1. The zero-order valence-electron chi connectivity index (χ0n) is 18.6. The number of halogens is 1. The maximum absolute atomic E-state index is 12.4. The number of methoxy groups -OCH3 is 2. The maximum atomic E-state index is 12.4. The van der Waals surface area contributed by atoms with E-state index in [0.717, 1.165) is 24.3 Å². The number of fused-ring (bicyclic) bond motifs is 1. The summed E-state index contributed by atoms with van der Waals surface area (Å²) in [5.74, 6) is 4.51. The number of aliphatic imine (C=N–C) groups is 1. The van der Waals surface area contributed by atoms with E-state index in [1.165, 1.54) is 5.56 Å². The smallest absolute Gasteiger partial charge is 0.246 e. The average molecular weight is 548 g/mol. The Morgan fingerprint density at radius 3 is 2.56 bits per heavy atom. The van der Waals surface area contributed by atoms with Gasteiger partial charge in [0.2, 0.25) is 5.91 Å². The summed E-state index contributed by atoms with van der Waals surface area (Å²) in [6, 6.07) is 11.2. The number of ether oxygens (including phenoxy) is 2. The Morgan fingerprint density at radius 2 is 1.91 bits per heavy atom. The quantitative estimate of drug-likeness (QED) is 0.251. The van der Waals surface area contributed by atoms with Crippen molar-refractivity contribution in [2.24, 2.45) is 4.99 Å². The second-order valence-corrected chi connectivity index (χ2v) is 7.09. The molecular weight excluding hydrogens is 519 g/mol. The summed E-state index contributed by atoms with van der Waals surface area (Å²) in [7, 11) is 3.28. The number of hydrogen-bond donors (Lipinski definition) is 2. The molecule has 32 heavy (non-hydrogen) atoms. The molecule has 1 aliphatic heterocycles. The fraction of sp³-hybridized carbons (Fsp3) is 0.333. The van der Waals surface area contributed by atoms with Crippen LogP contribution in [0.2, 0.25) is 0 Å². The Kier molecular flexibility index (Phi) is 9.65. The van der Waals surface area contributed by atoms with Gasteiger partial charge in [-0.2, -0.15) is 0 Å². The van der Waals surface area contributed by atoms with Crippen LogP contribution in [0.4, 0.5) is 5.69 Å². The third-order valence-electron chi connectivity index (χ3n) is 5.04. The topological polar surface area (TPSA) is 75.2 Å². The lowest BCUT2D eigenvalue weighted by Gasteiger charge is -2.32. The zero-order chi connectivity index (χ0) is 22.2. The van der Waals surface area contributed by atoms with Gasteiger partial charge in [-0.1, -0.05) is 12.0 Å². The number of hydrogen-bond acceptors (Lipinski definition) is 4. The van der Waals surface area contributed by atoms with Crippen LogP contribution in [0, 0.1) is 12.3 Å². The fourth-order valence-corrected chi connectivity index (χ4v) is 3.52. The molecule has 0 saturated carbocycles. The molecule has 3 rings (SSSR count). The second-order valence-electron chi connectivity index (χ2n) is 7.09. The highest BCUT2D eigenvalue weighted by molar-refractivity contribution is 14.0. The minimum Gasteiger partial charge on any atom is -0.493 e. The molecule has 2 aromatic carbocycles. The molecule has 0 radical (unpaired) electrons. The minimum absolute atomic E-state index is 0. The van der Waals surface area contributed by atoms with Crippen molar-refractivity contribution in [2.45, 2.75) is 19.9 Å². The third kappa shape index (κ3) is 6.29. The molecule has 0 unspecified atom stereocenters. The fourth-order valence-electron chi connectivity index (χ4n) is 3.52. The van der Waals surface area contributed by atoms with Crippen LogP contribution >= 0.6 is 24.0 Å². The lowest BCUT2D eigenvalue weighted by Crippen LogP contribution is -2.44. The molecule has 0 fully saturated rings. The number of nitrogens with zero attached hydrogens (tertiary/aromatic N) is 2. The highest BCUT2D eigenvalue weighted by atomic mass is 127. The Morgan fingerprint density at radius 1 is 1.19 bits per heavy atom. The van der Waals surface area contributed by atoms with Crippen LogP contribution in [0.1, 0.15) is 23.6 Å². The van der Waals surface area contributed by atoms with Gasteiger partial charge >= 0.3 is 0 Å². The first-order valence-corrected chi connectivity index (χ1v) is 10.2. The molecule has 0 spiro atoms. The van der Waals surface area contributed by atoms with Crippen molar-refractivity contribution in [3.63, 3.8) is 0 Å². The van der Waals surface area contributed by atoms with Crippen LogP contribution in [0.25, 0.3) is 0 Å². The first-order chi connectivity index (χ1) is 15.1. The number of anilines is 1. The van der Waals surface area contributed by atoms with E-state index in [1.54, 1.807) is 26.4 Å². The Hall–Kier alpha value is -2.93. The molecule has 1 heterocycles. The summed E-state index contributed by atoms with van der Waals surface area (Å²) in [6.45, 7) is 4.19. The van der Waals surface area contributed by atoms with E-state index in [2.05, 4.69) is 26.4 Å². The SMILES string of the molecule is C#Cc1cccc(NC(=O)CN=C(NCC)N2CCc3cc(OC)c(OC)cc3C2)c1.I. The molecule has 0 atom stereocenters. The molecule has 170 valence electrons. The van der Waals surface area contributed by atoms with E-state index in [1.807, 2.05) is 31.2 Å². The van der Waals surface area contributed by atoms with E-state index in [4.69, 9.17) is 15.9 Å². The number of rotatable bonds is 6. The Balaban J connectivity index is 0.00000363. The summed E-state index contributed by atoms with van der Waals surface area (Å²) in [4.78, 5) is 19.1. The van der Waals surface area contributed by atoms with Gasteiger partial charge in [-0.3, -0.25) is 4.79 Å². The van der Waals surface area contributed by atoms with Crippen molar-refractivity contribution >= 4 is 41.5 Å². The van der Waals surface area contributed by atoms with Crippen LogP contribution in [-0.4, -0.2) is 50.6 Å². The summed E-state index contributed by atoms with van der Waals surface area (Å²) < 4.78 is 10.9. The lowest BCUT2D eigenvalue weighted by atomic mass is 9.99. The number of terminal acetylenes is 1. The minimum atomic E-state index is -0.201. The van der Waals surface area contributed by atoms with Crippen LogP contribution in [0.15, 0.2) is 41.4 Å². The first-order valence-electron chi connectivity index (χ1n) is 10.2. The number of carbonyl (C=O) groups excluding carboxylic acids is 1. The molecule has 7 nitrogen and oxygen atoms in total. The Labute approximate surface area is 206 Å². The predicted octanol–water partition coefficient (Wildman–Crippen LogP) is 3.27. The number of nitrogens with one attached hydrogen (secondary N) is 2. The number of amides is 1. The van der Waals surface area contributed by atoms with Crippen LogP contribution in [0.5, 0.6) is 11.5 Å². The monoisotopic (exact) mass is 548 g/mol. The van der Waals surface area contributed by atoms with Gasteiger partial charge in [-0.15, -0.1) is 30.4 Å². The van der Waals surface area contributed by atoms with E-state index in [-0.39, 0.29) is 36.4 Å². The summed E-state index contributed by atoms with van der Waals surface area (Å²) in [6.07, 6.45) is 6.27. The zero-order valence-corrected chi connectivity index (χ0v) is 20.9. The van der Waals surface area contributed by atoms with Gasteiger partial charge in [0.15, 0.2) is 17.5 Å². The number of carbonyl (C=O) groups is 1. The molecule has 1 amide bonds. The molecule has 0 bridgehead atoms. The summed E-state index contributed by atoms with van der Waals surface area (Å²) in [5, 5.41) is 6.13. The van der Waals surface area contributed by atoms with Gasteiger partial charge in [0.1, 0.15) is 6.54 Å². The van der Waals surface area contributed by atoms with E-state index in [0.29, 0.717) is 36.0 Å². The lowest BCUT2D eigenvalue weighted by molar-refractivity contribution is -0.114.